The van der Waals surface area contributed by atoms with Gasteiger partial charge in [0, 0.05) is 6.04 Å². The van der Waals surface area contributed by atoms with Crippen LogP contribution in [0.5, 0.6) is 5.75 Å². The SMILES string of the molecule is COc1cccc2[nH]nc(C(=O)NC(C)CCC3CCC(C)C3)c12. The number of aromatic nitrogens is 2. The van der Waals surface area contributed by atoms with E-state index in [1.165, 1.54) is 25.7 Å². The predicted octanol–water partition coefficient (Wildman–Crippen LogP) is 3.91. The van der Waals surface area contributed by atoms with E-state index in [-0.39, 0.29) is 11.9 Å². The van der Waals surface area contributed by atoms with E-state index in [0.29, 0.717) is 11.4 Å². The first kappa shape index (κ1) is 16.8. The molecule has 1 aliphatic rings. The maximum atomic E-state index is 12.6. The maximum Gasteiger partial charge on any atom is 0.272 e. The lowest BCUT2D eigenvalue weighted by Crippen LogP contribution is -2.33. The lowest BCUT2D eigenvalue weighted by molar-refractivity contribution is 0.0933. The molecule has 1 fully saturated rings. The second-order valence-corrected chi connectivity index (χ2v) is 7.19. The molecule has 3 unspecified atom stereocenters. The number of hydrogen-bond donors (Lipinski definition) is 2. The van der Waals surface area contributed by atoms with Gasteiger partial charge in [0.2, 0.25) is 0 Å². The average Bonchev–Trinajstić information content (AvgIpc) is 3.18. The molecule has 1 aliphatic carbocycles. The number of rotatable bonds is 6. The molecule has 5 nitrogen and oxygen atoms in total. The van der Waals surface area contributed by atoms with Gasteiger partial charge in [0.05, 0.1) is 18.0 Å². The lowest BCUT2D eigenvalue weighted by atomic mass is 9.98. The van der Waals surface area contributed by atoms with Crippen molar-refractivity contribution in [2.45, 2.75) is 52.0 Å². The maximum absolute atomic E-state index is 12.6. The second kappa shape index (κ2) is 7.24. The number of ether oxygens (including phenoxy) is 1. The third kappa shape index (κ3) is 3.55. The number of carbonyl (C=O) groups is 1. The van der Waals surface area contributed by atoms with Gasteiger partial charge in [-0.05, 0) is 50.2 Å². The highest BCUT2D eigenvalue weighted by Gasteiger charge is 2.23. The van der Waals surface area contributed by atoms with Gasteiger partial charge in [0.25, 0.3) is 5.91 Å². The lowest BCUT2D eigenvalue weighted by Gasteiger charge is -2.16. The van der Waals surface area contributed by atoms with Crippen LogP contribution in [0.25, 0.3) is 10.9 Å². The van der Waals surface area contributed by atoms with E-state index in [9.17, 15) is 4.79 Å². The first-order valence-corrected chi connectivity index (χ1v) is 8.90. The molecule has 0 bridgehead atoms. The first-order valence-electron chi connectivity index (χ1n) is 8.90. The number of carbonyl (C=O) groups excluding carboxylic acids is 1. The monoisotopic (exact) mass is 329 g/mol. The Bertz CT molecular complexity index is 710. The topological polar surface area (TPSA) is 67.0 Å². The zero-order chi connectivity index (χ0) is 17.1. The number of aromatic amines is 1. The highest BCUT2D eigenvalue weighted by atomic mass is 16.5. The Kier molecular flexibility index (Phi) is 5.07. The smallest absolute Gasteiger partial charge is 0.272 e. The highest BCUT2D eigenvalue weighted by Crippen LogP contribution is 2.33. The Morgan fingerprint density at radius 2 is 2.29 bits per heavy atom. The van der Waals surface area contributed by atoms with Crippen LogP contribution in [0.15, 0.2) is 18.2 Å². The van der Waals surface area contributed by atoms with Crippen molar-refractivity contribution in [3.63, 3.8) is 0 Å². The molecule has 1 amide bonds. The highest BCUT2D eigenvalue weighted by molar-refractivity contribution is 6.07. The summed E-state index contributed by atoms with van der Waals surface area (Å²) in [6.07, 6.45) is 6.23. The third-order valence-electron chi connectivity index (χ3n) is 5.18. The normalized spacial score (nSPS) is 21.8. The number of amides is 1. The summed E-state index contributed by atoms with van der Waals surface area (Å²) in [7, 11) is 1.61. The summed E-state index contributed by atoms with van der Waals surface area (Å²) in [5.74, 6) is 2.21. The largest absolute Gasteiger partial charge is 0.496 e. The second-order valence-electron chi connectivity index (χ2n) is 7.19. The van der Waals surface area contributed by atoms with Crippen LogP contribution < -0.4 is 10.1 Å². The van der Waals surface area contributed by atoms with Gasteiger partial charge >= 0.3 is 0 Å². The number of H-pyrrole nitrogens is 1. The molecule has 1 saturated carbocycles. The molecular formula is C19H27N3O2. The van der Waals surface area contributed by atoms with E-state index >= 15 is 0 Å². The number of methoxy groups -OCH3 is 1. The zero-order valence-electron chi connectivity index (χ0n) is 14.8. The van der Waals surface area contributed by atoms with Crippen molar-refractivity contribution >= 4 is 16.8 Å². The van der Waals surface area contributed by atoms with Gasteiger partial charge in [-0.3, -0.25) is 9.89 Å². The minimum atomic E-state index is -0.141. The molecule has 1 aromatic carbocycles. The zero-order valence-corrected chi connectivity index (χ0v) is 14.8. The first-order chi connectivity index (χ1) is 11.6. The molecule has 5 heteroatoms. The van der Waals surface area contributed by atoms with Crippen LogP contribution in [-0.4, -0.2) is 29.3 Å². The van der Waals surface area contributed by atoms with E-state index in [4.69, 9.17) is 4.74 Å². The average molecular weight is 329 g/mol. The molecule has 1 heterocycles. The standard InChI is InChI=1S/C19H27N3O2/c1-12-7-9-14(11-12)10-8-13(2)20-19(23)18-17-15(21-22-18)5-4-6-16(17)24-3/h4-6,12-14H,7-11H2,1-3H3,(H,20,23)(H,21,22). The molecule has 24 heavy (non-hydrogen) atoms. The van der Waals surface area contributed by atoms with Crippen molar-refractivity contribution in [1.29, 1.82) is 0 Å². The van der Waals surface area contributed by atoms with Crippen LogP contribution in [0, 0.1) is 11.8 Å². The Morgan fingerprint density at radius 1 is 1.46 bits per heavy atom. The molecule has 0 aliphatic heterocycles. The summed E-state index contributed by atoms with van der Waals surface area (Å²) in [5.41, 5.74) is 1.22. The van der Waals surface area contributed by atoms with Gasteiger partial charge in [0.15, 0.2) is 5.69 Å². The van der Waals surface area contributed by atoms with Crippen molar-refractivity contribution in [1.82, 2.24) is 15.5 Å². The fourth-order valence-electron chi connectivity index (χ4n) is 3.81. The van der Waals surface area contributed by atoms with Crippen molar-refractivity contribution in [2.75, 3.05) is 7.11 Å². The number of fused-ring (bicyclic) bond motifs is 1. The fraction of sp³-hybridized carbons (Fsp3) is 0.579. The summed E-state index contributed by atoms with van der Waals surface area (Å²) >= 11 is 0. The number of nitrogens with one attached hydrogen (secondary N) is 2. The van der Waals surface area contributed by atoms with E-state index in [0.717, 1.165) is 29.2 Å². The fourth-order valence-corrected chi connectivity index (χ4v) is 3.81. The summed E-state index contributed by atoms with van der Waals surface area (Å²) < 4.78 is 5.37. The van der Waals surface area contributed by atoms with E-state index in [1.54, 1.807) is 7.11 Å². The molecule has 130 valence electrons. The van der Waals surface area contributed by atoms with E-state index in [1.807, 2.05) is 18.2 Å². The Labute approximate surface area is 143 Å². The minimum Gasteiger partial charge on any atom is -0.496 e. The molecule has 0 saturated heterocycles. The Hall–Kier alpha value is -2.04. The van der Waals surface area contributed by atoms with Gasteiger partial charge < -0.3 is 10.1 Å². The third-order valence-corrected chi connectivity index (χ3v) is 5.18. The van der Waals surface area contributed by atoms with Crippen molar-refractivity contribution in [3.8, 4) is 5.75 Å². The van der Waals surface area contributed by atoms with Crippen LogP contribution in [0.1, 0.15) is 56.4 Å². The molecule has 2 aromatic rings. The van der Waals surface area contributed by atoms with Gasteiger partial charge in [-0.2, -0.15) is 5.10 Å². The minimum absolute atomic E-state index is 0.141. The van der Waals surface area contributed by atoms with Gasteiger partial charge in [-0.1, -0.05) is 25.8 Å². The molecule has 0 radical (unpaired) electrons. The number of benzene rings is 1. The number of nitrogens with zero attached hydrogens (tertiary/aromatic N) is 1. The van der Waals surface area contributed by atoms with Gasteiger partial charge in [0.1, 0.15) is 5.75 Å². The predicted molar refractivity (Wildman–Crippen MR) is 95.3 cm³/mol. The summed E-state index contributed by atoms with van der Waals surface area (Å²) in [5, 5.41) is 10.9. The summed E-state index contributed by atoms with van der Waals surface area (Å²) in [6.45, 7) is 4.41. The molecule has 2 N–H and O–H groups in total. The molecule has 1 aromatic heterocycles. The Balaban J connectivity index is 1.62. The van der Waals surface area contributed by atoms with Crippen LogP contribution in [0.2, 0.25) is 0 Å². The van der Waals surface area contributed by atoms with E-state index in [2.05, 4.69) is 29.4 Å². The molecule has 3 rings (SSSR count). The number of hydrogen-bond acceptors (Lipinski definition) is 3. The van der Waals surface area contributed by atoms with Gasteiger partial charge in [-0.25, -0.2) is 0 Å². The van der Waals surface area contributed by atoms with Crippen molar-refractivity contribution in [3.05, 3.63) is 23.9 Å². The van der Waals surface area contributed by atoms with Crippen LogP contribution in [-0.2, 0) is 0 Å². The van der Waals surface area contributed by atoms with E-state index < -0.39 is 0 Å². The molecular weight excluding hydrogens is 302 g/mol. The van der Waals surface area contributed by atoms with Crippen LogP contribution in [0.4, 0.5) is 0 Å². The van der Waals surface area contributed by atoms with Gasteiger partial charge in [-0.15, -0.1) is 0 Å². The molecule has 3 atom stereocenters. The van der Waals surface area contributed by atoms with Crippen LogP contribution in [0.3, 0.4) is 0 Å². The quantitative estimate of drug-likeness (QED) is 0.844. The summed E-state index contributed by atoms with van der Waals surface area (Å²) in [4.78, 5) is 12.6. The summed E-state index contributed by atoms with van der Waals surface area (Å²) in [6, 6.07) is 5.77. The van der Waals surface area contributed by atoms with Crippen molar-refractivity contribution in [2.24, 2.45) is 11.8 Å². The van der Waals surface area contributed by atoms with Crippen molar-refractivity contribution < 1.29 is 9.53 Å². The van der Waals surface area contributed by atoms with Crippen LogP contribution >= 0.6 is 0 Å². The Morgan fingerprint density at radius 3 is 3.00 bits per heavy atom. The molecule has 0 spiro atoms.